The third-order valence-electron chi connectivity index (χ3n) is 2.84. The van der Waals surface area contributed by atoms with Gasteiger partial charge in [-0.25, -0.2) is 0 Å². The zero-order valence-corrected chi connectivity index (χ0v) is 8.76. The number of pyridine rings is 1. The van der Waals surface area contributed by atoms with E-state index in [2.05, 4.69) is 4.98 Å². The van der Waals surface area contributed by atoms with E-state index in [-0.39, 0.29) is 18.0 Å². The first-order valence-electron chi connectivity index (χ1n) is 5.19. The van der Waals surface area contributed by atoms with E-state index in [9.17, 15) is 4.79 Å². The first-order chi connectivity index (χ1) is 7.24. The Hall–Kier alpha value is -1.42. The van der Waals surface area contributed by atoms with Crippen molar-refractivity contribution in [3.05, 3.63) is 30.1 Å². The second kappa shape index (κ2) is 3.98. The van der Waals surface area contributed by atoms with Gasteiger partial charge in [0, 0.05) is 31.4 Å². The highest BCUT2D eigenvalue weighted by Gasteiger charge is 2.37. The van der Waals surface area contributed by atoms with E-state index in [1.807, 2.05) is 24.0 Å². The van der Waals surface area contributed by atoms with Crippen LogP contribution in [0.4, 0.5) is 0 Å². The third-order valence-corrected chi connectivity index (χ3v) is 2.84. The quantitative estimate of drug-likeness (QED) is 0.773. The number of carbonyl (C=O) groups excluding carboxylic acids is 1. The van der Waals surface area contributed by atoms with Gasteiger partial charge >= 0.3 is 0 Å². The molecule has 4 heteroatoms. The van der Waals surface area contributed by atoms with Gasteiger partial charge in [-0.1, -0.05) is 6.07 Å². The zero-order chi connectivity index (χ0) is 10.8. The molecule has 1 aromatic heterocycles. The lowest BCUT2D eigenvalue weighted by Crippen LogP contribution is -2.32. The van der Waals surface area contributed by atoms with Crippen LogP contribution in [0.2, 0.25) is 0 Å². The van der Waals surface area contributed by atoms with Gasteiger partial charge < -0.3 is 10.6 Å². The predicted molar refractivity (Wildman–Crippen MR) is 57.0 cm³/mol. The number of nitrogens with two attached hydrogens (primary N) is 1. The number of hydrogen-bond donors (Lipinski definition) is 1. The first-order valence-corrected chi connectivity index (χ1v) is 5.19. The van der Waals surface area contributed by atoms with Crippen LogP contribution in [-0.2, 0) is 4.79 Å². The van der Waals surface area contributed by atoms with Crippen molar-refractivity contribution in [3.63, 3.8) is 0 Å². The first kappa shape index (κ1) is 10.1. The van der Waals surface area contributed by atoms with Crippen molar-refractivity contribution < 1.29 is 4.79 Å². The summed E-state index contributed by atoms with van der Waals surface area (Å²) in [5.74, 6) is 0.138. The van der Waals surface area contributed by atoms with E-state index >= 15 is 0 Å². The number of nitrogens with zero attached hydrogens (tertiary/aromatic N) is 2. The van der Waals surface area contributed by atoms with Crippen molar-refractivity contribution in [2.75, 3.05) is 6.54 Å². The van der Waals surface area contributed by atoms with Crippen molar-refractivity contribution in [2.24, 2.45) is 5.73 Å². The molecule has 1 aliphatic heterocycles. The Morgan fingerprint density at radius 2 is 2.47 bits per heavy atom. The van der Waals surface area contributed by atoms with E-state index < -0.39 is 0 Å². The summed E-state index contributed by atoms with van der Waals surface area (Å²) in [5.41, 5.74) is 7.00. The summed E-state index contributed by atoms with van der Waals surface area (Å²) in [4.78, 5) is 17.5. The van der Waals surface area contributed by atoms with E-state index in [0.717, 1.165) is 5.56 Å². The van der Waals surface area contributed by atoms with Crippen LogP contribution in [0.1, 0.15) is 24.9 Å². The van der Waals surface area contributed by atoms with Crippen LogP contribution in [0.25, 0.3) is 0 Å². The molecule has 0 unspecified atom stereocenters. The maximum absolute atomic E-state index is 11.6. The largest absolute Gasteiger partial charge is 0.334 e. The molecule has 1 saturated heterocycles. The molecule has 0 aromatic carbocycles. The molecule has 80 valence electrons. The molecular weight excluding hydrogens is 190 g/mol. The number of likely N-dealkylation sites (tertiary alicyclic amines) is 1. The van der Waals surface area contributed by atoms with Crippen LogP contribution in [-0.4, -0.2) is 28.4 Å². The van der Waals surface area contributed by atoms with Crippen molar-refractivity contribution >= 4 is 5.91 Å². The zero-order valence-electron chi connectivity index (χ0n) is 8.76. The summed E-state index contributed by atoms with van der Waals surface area (Å²) >= 11 is 0. The highest BCUT2D eigenvalue weighted by molar-refractivity contribution is 5.80. The van der Waals surface area contributed by atoms with E-state index in [1.54, 1.807) is 12.4 Å². The lowest BCUT2D eigenvalue weighted by atomic mass is 10.0. The minimum Gasteiger partial charge on any atom is -0.334 e. The van der Waals surface area contributed by atoms with E-state index in [4.69, 9.17) is 5.73 Å². The van der Waals surface area contributed by atoms with Crippen LogP contribution >= 0.6 is 0 Å². The molecule has 1 amide bonds. The SMILES string of the molecule is CCN1C(=O)C[C@@H](N)[C@H]1c1cccnc1. The summed E-state index contributed by atoms with van der Waals surface area (Å²) in [6.07, 6.45) is 3.95. The Bertz CT molecular complexity index is 352. The van der Waals surface area contributed by atoms with Gasteiger partial charge in [-0.15, -0.1) is 0 Å². The molecule has 1 fully saturated rings. The molecule has 0 radical (unpaired) electrons. The molecule has 2 N–H and O–H groups in total. The fourth-order valence-electron chi connectivity index (χ4n) is 2.17. The Balaban J connectivity index is 2.31. The predicted octanol–water partition coefficient (Wildman–Crippen LogP) is 0.702. The Morgan fingerprint density at radius 3 is 3.07 bits per heavy atom. The average Bonchev–Trinajstić information content (AvgIpc) is 2.54. The van der Waals surface area contributed by atoms with Crippen LogP contribution < -0.4 is 5.73 Å². The number of amides is 1. The van der Waals surface area contributed by atoms with Gasteiger partial charge in [0.1, 0.15) is 0 Å². The summed E-state index contributed by atoms with van der Waals surface area (Å²) in [7, 11) is 0. The monoisotopic (exact) mass is 205 g/mol. The molecular formula is C11H15N3O. The number of carbonyl (C=O) groups is 1. The highest BCUT2D eigenvalue weighted by atomic mass is 16.2. The smallest absolute Gasteiger partial charge is 0.224 e. The summed E-state index contributed by atoms with van der Waals surface area (Å²) in [6, 6.07) is 3.73. The second-order valence-corrected chi connectivity index (χ2v) is 3.78. The molecule has 0 bridgehead atoms. The fourth-order valence-corrected chi connectivity index (χ4v) is 2.17. The summed E-state index contributed by atoms with van der Waals surface area (Å²) in [5, 5.41) is 0. The van der Waals surface area contributed by atoms with Gasteiger partial charge in [-0.3, -0.25) is 9.78 Å². The van der Waals surface area contributed by atoms with Crippen LogP contribution in [0.15, 0.2) is 24.5 Å². The maximum atomic E-state index is 11.6. The van der Waals surface area contributed by atoms with Crippen molar-refractivity contribution in [1.29, 1.82) is 0 Å². The maximum Gasteiger partial charge on any atom is 0.224 e. The minimum atomic E-state index is -0.110. The fraction of sp³-hybridized carbons (Fsp3) is 0.455. The van der Waals surface area contributed by atoms with Gasteiger partial charge in [0.05, 0.1) is 6.04 Å². The van der Waals surface area contributed by atoms with Crippen LogP contribution in [0.5, 0.6) is 0 Å². The van der Waals surface area contributed by atoms with E-state index in [1.165, 1.54) is 0 Å². The minimum absolute atomic E-state index is 0.00352. The molecule has 1 aliphatic rings. The van der Waals surface area contributed by atoms with Crippen LogP contribution in [0.3, 0.4) is 0 Å². The average molecular weight is 205 g/mol. The Kier molecular flexibility index (Phi) is 2.68. The molecule has 2 atom stereocenters. The molecule has 0 spiro atoms. The lowest BCUT2D eigenvalue weighted by Gasteiger charge is -2.25. The topological polar surface area (TPSA) is 59.2 Å². The summed E-state index contributed by atoms with van der Waals surface area (Å²) in [6.45, 7) is 2.67. The van der Waals surface area contributed by atoms with E-state index in [0.29, 0.717) is 13.0 Å². The van der Waals surface area contributed by atoms with Gasteiger partial charge in [0.2, 0.25) is 5.91 Å². The molecule has 0 saturated carbocycles. The van der Waals surface area contributed by atoms with Gasteiger partial charge in [-0.05, 0) is 18.6 Å². The normalized spacial score (nSPS) is 26.0. The molecule has 15 heavy (non-hydrogen) atoms. The van der Waals surface area contributed by atoms with Crippen LogP contribution in [0, 0.1) is 0 Å². The number of likely N-dealkylation sites (N-methyl/N-ethyl adjacent to an activating group) is 1. The molecule has 4 nitrogen and oxygen atoms in total. The molecule has 0 aliphatic carbocycles. The van der Waals surface area contributed by atoms with Gasteiger partial charge in [0.15, 0.2) is 0 Å². The number of hydrogen-bond acceptors (Lipinski definition) is 3. The lowest BCUT2D eigenvalue weighted by molar-refractivity contribution is -0.128. The summed E-state index contributed by atoms with van der Waals surface area (Å²) < 4.78 is 0. The van der Waals surface area contributed by atoms with Crippen molar-refractivity contribution in [1.82, 2.24) is 9.88 Å². The molecule has 2 heterocycles. The molecule has 2 rings (SSSR count). The van der Waals surface area contributed by atoms with Gasteiger partial charge in [-0.2, -0.15) is 0 Å². The Labute approximate surface area is 89.1 Å². The third kappa shape index (κ3) is 1.72. The standard InChI is InChI=1S/C11H15N3O/c1-2-14-10(15)6-9(12)11(14)8-4-3-5-13-7-8/h3-5,7,9,11H,2,6,12H2,1H3/t9-,11-/m1/s1. The van der Waals surface area contributed by atoms with Gasteiger partial charge in [0.25, 0.3) is 0 Å². The highest BCUT2D eigenvalue weighted by Crippen LogP contribution is 2.30. The second-order valence-electron chi connectivity index (χ2n) is 3.78. The van der Waals surface area contributed by atoms with Crippen molar-refractivity contribution in [2.45, 2.75) is 25.4 Å². The number of rotatable bonds is 2. The number of aromatic nitrogens is 1. The van der Waals surface area contributed by atoms with Crippen molar-refractivity contribution in [3.8, 4) is 0 Å². The molecule has 1 aromatic rings. The Morgan fingerprint density at radius 1 is 1.67 bits per heavy atom.